The molecule has 0 unspecified atom stereocenters. The Morgan fingerprint density at radius 2 is 1.67 bits per heavy atom. The molecule has 160 valence electrons. The summed E-state index contributed by atoms with van der Waals surface area (Å²) >= 11 is 0. The van der Waals surface area contributed by atoms with Crippen LogP contribution in [-0.4, -0.2) is 75.4 Å². The van der Waals surface area contributed by atoms with Crippen LogP contribution in [0.2, 0.25) is 0 Å². The second-order valence-corrected chi connectivity index (χ2v) is 8.17. The number of carbonyl (C=O) groups excluding carboxylic acids is 2. The van der Waals surface area contributed by atoms with Crippen molar-refractivity contribution in [3.63, 3.8) is 0 Å². The average Bonchev–Trinajstić information content (AvgIpc) is 3.08. The molecule has 8 heteroatoms. The van der Waals surface area contributed by atoms with Crippen molar-refractivity contribution < 1.29 is 9.59 Å². The Bertz CT molecular complexity index is 909. The van der Waals surface area contributed by atoms with E-state index in [1.807, 2.05) is 41.8 Å². The summed E-state index contributed by atoms with van der Waals surface area (Å²) < 4.78 is 2.20. The summed E-state index contributed by atoms with van der Waals surface area (Å²) in [6.45, 7) is 9.98. The molecule has 0 bridgehead atoms. The van der Waals surface area contributed by atoms with Crippen LogP contribution in [0.25, 0.3) is 0 Å². The molecule has 2 aromatic rings. The van der Waals surface area contributed by atoms with E-state index >= 15 is 0 Å². The summed E-state index contributed by atoms with van der Waals surface area (Å²) in [5.74, 6) is 1.98. The first kappa shape index (κ1) is 20.4. The highest BCUT2D eigenvalue weighted by Crippen LogP contribution is 2.27. The van der Waals surface area contributed by atoms with Crippen LogP contribution in [0.15, 0.2) is 24.4 Å². The number of piperazine rings is 1. The number of amides is 2. The molecule has 4 heterocycles. The number of pyridine rings is 1. The van der Waals surface area contributed by atoms with Gasteiger partial charge in [-0.2, -0.15) is 0 Å². The molecular weight excluding hydrogens is 380 g/mol. The monoisotopic (exact) mass is 410 g/mol. The van der Waals surface area contributed by atoms with Gasteiger partial charge < -0.3 is 19.3 Å². The van der Waals surface area contributed by atoms with Crippen LogP contribution in [0.5, 0.6) is 0 Å². The fraction of sp³-hybridized carbons (Fsp3) is 0.545. The van der Waals surface area contributed by atoms with Gasteiger partial charge in [-0.25, -0.2) is 9.97 Å². The van der Waals surface area contributed by atoms with Crippen LogP contribution in [0, 0.1) is 13.8 Å². The Morgan fingerprint density at radius 1 is 0.967 bits per heavy atom. The topological polar surface area (TPSA) is 74.6 Å². The number of piperidine rings is 1. The summed E-state index contributed by atoms with van der Waals surface area (Å²) in [7, 11) is 0. The molecular formula is C22H30N6O2. The fourth-order valence-electron chi connectivity index (χ4n) is 4.66. The van der Waals surface area contributed by atoms with Gasteiger partial charge in [0.1, 0.15) is 17.3 Å². The molecule has 2 aliphatic heterocycles. The van der Waals surface area contributed by atoms with E-state index in [1.165, 1.54) is 0 Å². The van der Waals surface area contributed by atoms with E-state index in [1.54, 1.807) is 13.1 Å². The molecule has 2 aliphatic rings. The first-order chi connectivity index (χ1) is 14.5. The minimum absolute atomic E-state index is 0.0104. The third-order valence-corrected chi connectivity index (χ3v) is 6.34. The van der Waals surface area contributed by atoms with Crippen LogP contribution in [0.1, 0.15) is 47.8 Å². The molecule has 2 aromatic heterocycles. The number of likely N-dealkylation sites (tertiary alicyclic amines) is 1. The maximum absolute atomic E-state index is 13.2. The molecule has 4 rings (SSSR count). The lowest BCUT2D eigenvalue weighted by Crippen LogP contribution is -2.49. The van der Waals surface area contributed by atoms with Crippen LogP contribution < -0.4 is 4.90 Å². The second-order valence-electron chi connectivity index (χ2n) is 8.17. The molecule has 0 N–H and O–H groups in total. The van der Waals surface area contributed by atoms with Crippen LogP contribution in [-0.2, 0) is 4.79 Å². The number of anilines is 1. The number of rotatable bonds is 3. The van der Waals surface area contributed by atoms with Gasteiger partial charge in [0.2, 0.25) is 5.91 Å². The van der Waals surface area contributed by atoms with E-state index < -0.39 is 0 Å². The van der Waals surface area contributed by atoms with Gasteiger partial charge in [0, 0.05) is 64.1 Å². The van der Waals surface area contributed by atoms with Crippen LogP contribution >= 0.6 is 0 Å². The van der Waals surface area contributed by atoms with Crippen molar-refractivity contribution in [2.24, 2.45) is 0 Å². The summed E-state index contributed by atoms with van der Waals surface area (Å²) in [5.41, 5.74) is 1.50. The third-order valence-electron chi connectivity index (χ3n) is 6.34. The molecule has 0 radical (unpaired) electrons. The van der Waals surface area contributed by atoms with Crippen molar-refractivity contribution in [2.45, 2.75) is 39.7 Å². The fourth-order valence-corrected chi connectivity index (χ4v) is 4.66. The van der Waals surface area contributed by atoms with Crippen LogP contribution in [0.3, 0.4) is 0 Å². The van der Waals surface area contributed by atoms with Gasteiger partial charge in [0.15, 0.2) is 0 Å². The predicted octanol–water partition coefficient (Wildman–Crippen LogP) is 2.04. The van der Waals surface area contributed by atoms with E-state index in [0.29, 0.717) is 18.8 Å². The first-order valence-corrected chi connectivity index (χ1v) is 10.7. The van der Waals surface area contributed by atoms with E-state index in [4.69, 9.17) is 0 Å². The van der Waals surface area contributed by atoms with E-state index in [-0.39, 0.29) is 17.9 Å². The van der Waals surface area contributed by atoms with Gasteiger partial charge in [-0.3, -0.25) is 9.59 Å². The average molecular weight is 411 g/mol. The Labute approximate surface area is 177 Å². The first-order valence-electron chi connectivity index (χ1n) is 10.7. The minimum Gasteiger partial charge on any atom is -0.353 e. The largest absolute Gasteiger partial charge is 0.353 e. The zero-order chi connectivity index (χ0) is 21.3. The second kappa shape index (κ2) is 8.45. The highest BCUT2D eigenvalue weighted by molar-refractivity contribution is 5.93. The number of aryl methyl sites for hydroxylation is 1. The summed E-state index contributed by atoms with van der Waals surface area (Å²) in [5, 5.41) is 0. The molecule has 2 fully saturated rings. The van der Waals surface area contributed by atoms with Gasteiger partial charge in [0.05, 0.1) is 0 Å². The Kier molecular flexibility index (Phi) is 5.74. The predicted molar refractivity (Wildman–Crippen MR) is 115 cm³/mol. The summed E-state index contributed by atoms with van der Waals surface area (Å²) in [6.07, 6.45) is 3.59. The molecule has 0 saturated carbocycles. The van der Waals surface area contributed by atoms with Gasteiger partial charge in [0.25, 0.3) is 5.91 Å². The van der Waals surface area contributed by atoms with Crippen molar-refractivity contribution >= 4 is 17.6 Å². The molecule has 0 aliphatic carbocycles. The van der Waals surface area contributed by atoms with E-state index in [2.05, 4.69) is 19.4 Å². The lowest BCUT2D eigenvalue weighted by Gasteiger charge is -2.35. The summed E-state index contributed by atoms with van der Waals surface area (Å²) in [4.78, 5) is 39.9. The van der Waals surface area contributed by atoms with E-state index in [0.717, 1.165) is 56.4 Å². The number of hydrogen-bond donors (Lipinski definition) is 0. The maximum atomic E-state index is 13.2. The Balaban J connectivity index is 1.43. The zero-order valence-corrected chi connectivity index (χ0v) is 18.0. The van der Waals surface area contributed by atoms with Crippen molar-refractivity contribution in [3.8, 4) is 0 Å². The quantitative estimate of drug-likeness (QED) is 0.774. The van der Waals surface area contributed by atoms with Gasteiger partial charge in [-0.15, -0.1) is 0 Å². The van der Waals surface area contributed by atoms with Gasteiger partial charge in [-0.1, -0.05) is 6.07 Å². The van der Waals surface area contributed by atoms with Crippen molar-refractivity contribution in [2.75, 3.05) is 44.2 Å². The van der Waals surface area contributed by atoms with Gasteiger partial charge in [-0.05, 0) is 38.8 Å². The lowest BCUT2D eigenvalue weighted by atomic mass is 10.0. The zero-order valence-electron chi connectivity index (χ0n) is 18.0. The smallest absolute Gasteiger partial charge is 0.274 e. The van der Waals surface area contributed by atoms with E-state index in [9.17, 15) is 9.59 Å². The van der Waals surface area contributed by atoms with Crippen molar-refractivity contribution in [1.29, 1.82) is 0 Å². The molecule has 2 saturated heterocycles. The highest BCUT2D eigenvalue weighted by Gasteiger charge is 2.30. The number of aromatic nitrogens is 3. The molecule has 8 nitrogen and oxygen atoms in total. The molecule has 0 atom stereocenters. The normalized spacial score (nSPS) is 18.0. The minimum atomic E-state index is 0.0104. The third kappa shape index (κ3) is 3.91. The summed E-state index contributed by atoms with van der Waals surface area (Å²) in [6, 6.07) is 6.19. The number of hydrogen-bond acceptors (Lipinski definition) is 5. The standard InChI is InChI=1S/C22H30N6O2/c1-16-21(24-17(2)28(16)19-7-10-25(11-8-19)18(3)29)22(30)27-14-12-26(13-15-27)20-6-4-5-9-23-20/h4-6,9,19H,7-8,10-15H2,1-3H3. The van der Waals surface area contributed by atoms with Crippen LogP contribution in [0.4, 0.5) is 5.82 Å². The SMILES string of the molecule is CC(=O)N1CCC(n2c(C)nc(C(=O)N3CCN(c4ccccn4)CC3)c2C)CC1. The Morgan fingerprint density at radius 3 is 2.27 bits per heavy atom. The number of carbonyl (C=O) groups is 2. The number of imidazole rings is 1. The molecule has 30 heavy (non-hydrogen) atoms. The lowest BCUT2D eigenvalue weighted by molar-refractivity contribution is -0.130. The maximum Gasteiger partial charge on any atom is 0.274 e. The molecule has 0 aromatic carbocycles. The van der Waals surface area contributed by atoms with Gasteiger partial charge >= 0.3 is 0 Å². The van der Waals surface area contributed by atoms with Crippen molar-refractivity contribution in [3.05, 3.63) is 41.6 Å². The molecule has 0 spiro atoms. The number of nitrogens with zero attached hydrogens (tertiary/aromatic N) is 6. The highest BCUT2D eigenvalue weighted by atomic mass is 16.2. The molecule has 2 amide bonds. The van der Waals surface area contributed by atoms with Crippen molar-refractivity contribution in [1.82, 2.24) is 24.3 Å². The Hall–Kier alpha value is -2.90.